The average molecular weight is 308 g/mol. The number of aromatic nitrogens is 1. The Morgan fingerprint density at radius 1 is 1.33 bits per heavy atom. The zero-order valence-electron chi connectivity index (χ0n) is 11.7. The fourth-order valence-electron chi connectivity index (χ4n) is 1.78. The molecule has 1 heterocycles. The van der Waals surface area contributed by atoms with Gasteiger partial charge in [0, 0.05) is 16.9 Å². The third-order valence-corrected chi connectivity index (χ3v) is 3.20. The first kappa shape index (κ1) is 15.3. The van der Waals surface area contributed by atoms with Gasteiger partial charge in [-0.1, -0.05) is 25.4 Å². The Hall–Kier alpha value is -2.14. The summed E-state index contributed by atoms with van der Waals surface area (Å²) in [7, 11) is 0. The standard InChI is InChI=1S/C15H15ClFN3O/c1-8(2)13-5-9(6-14(18)20-13)15(21)19-10-3-4-11(16)12(17)7-10/h3-8H,1-2H3,(H2,18,20)(H,19,21). The van der Waals surface area contributed by atoms with Crippen LogP contribution in [0.4, 0.5) is 15.9 Å². The summed E-state index contributed by atoms with van der Waals surface area (Å²) in [5.74, 6) is -0.555. The van der Waals surface area contributed by atoms with Gasteiger partial charge in [-0.05, 0) is 36.2 Å². The Labute approximate surface area is 127 Å². The van der Waals surface area contributed by atoms with E-state index in [4.69, 9.17) is 17.3 Å². The highest BCUT2D eigenvalue weighted by molar-refractivity contribution is 6.30. The topological polar surface area (TPSA) is 68.0 Å². The van der Waals surface area contributed by atoms with Crippen molar-refractivity contribution in [1.29, 1.82) is 0 Å². The predicted molar refractivity (Wildman–Crippen MR) is 82.1 cm³/mol. The number of carbonyl (C=O) groups is 1. The lowest BCUT2D eigenvalue weighted by molar-refractivity contribution is 0.102. The summed E-state index contributed by atoms with van der Waals surface area (Å²) in [4.78, 5) is 16.4. The molecule has 110 valence electrons. The predicted octanol–water partition coefficient (Wildman–Crippen LogP) is 3.83. The molecule has 2 rings (SSSR count). The lowest BCUT2D eigenvalue weighted by Crippen LogP contribution is -2.14. The molecule has 0 fully saturated rings. The molecule has 0 bridgehead atoms. The van der Waals surface area contributed by atoms with Crippen LogP contribution in [0.15, 0.2) is 30.3 Å². The molecule has 4 nitrogen and oxygen atoms in total. The van der Waals surface area contributed by atoms with E-state index < -0.39 is 5.82 Å². The van der Waals surface area contributed by atoms with Crippen LogP contribution in [0.25, 0.3) is 0 Å². The highest BCUT2D eigenvalue weighted by Crippen LogP contribution is 2.20. The minimum Gasteiger partial charge on any atom is -0.384 e. The highest BCUT2D eigenvalue weighted by Gasteiger charge is 2.12. The summed E-state index contributed by atoms with van der Waals surface area (Å²) in [6.45, 7) is 3.91. The summed E-state index contributed by atoms with van der Waals surface area (Å²) in [5.41, 5.74) is 7.13. The molecule has 0 saturated heterocycles. The minimum atomic E-state index is -0.591. The number of amides is 1. The number of benzene rings is 1. The summed E-state index contributed by atoms with van der Waals surface area (Å²) in [6, 6.07) is 7.22. The van der Waals surface area contributed by atoms with E-state index in [1.54, 1.807) is 6.07 Å². The van der Waals surface area contributed by atoms with Crippen LogP contribution >= 0.6 is 11.6 Å². The molecule has 3 N–H and O–H groups in total. The molecule has 1 aromatic carbocycles. The van der Waals surface area contributed by atoms with E-state index in [-0.39, 0.29) is 22.7 Å². The zero-order valence-corrected chi connectivity index (χ0v) is 12.4. The van der Waals surface area contributed by atoms with Crippen molar-refractivity contribution in [2.75, 3.05) is 11.1 Å². The molecule has 2 aromatic rings. The Balaban J connectivity index is 2.25. The van der Waals surface area contributed by atoms with E-state index in [2.05, 4.69) is 10.3 Å². The second-order valence-corrected chi connectivity index (χ2v) is 5.35. The molecule has 0 aliphatic heterocycles. The average Bonchev–Trinajstić information content (AvgIpc) is 2.42. The van der Waals surface area contributed by atoms with Crippen LogP contribution in [-0.4, -0.2) is 10.9 Å². The van der Waals surface area contributed by atoms with E-state index >= 15 is 0 Å². The van der Waals surface area contributed by atoms with E-state index in [1.165, 1.54) is 18.2 Å². The fourth-order valence-corrected chi connectivity index (χ4v) is 1.90. The molecule has 0 radical (unpaired) electrons. The number of anilines is 2. The largest absolute Gasteiger partial charge is 0.384 e. The summed E-state index contributed by atoms with van der Waals surface area (Å²) in [5, 5.41) is 2.60. The van der Waals surface area contributed by atoms with Crippen molar-refractivity contribution in [3.05, 3.63) is 52.4 Å². The molecule has 6 heteroatoms. The van der Waals surface area contributed by atoms with Gasteiger partial charge in [-0.25, -0.2) is 9.37 Å². The number of hydrogen-bond donors (Lipinski definition) is 2. The van der Waals surface area contributed by atoms with Gasteiger partial charge in [-0.2, -0.15) is 0 Å². The van der Waals surface area contributed by atoms with Crippen molar-refractivity contribution in [2.24, 2.45) is 0 Å². The summed E-state index contributed by atoms with van der Waals surface area (Å²) in [6.07, 6.45) is 0. The maximum atomic E-state index is 13.4. The van der Waals surface area contributed by atoms with Gasteiger partial charge in [0.25, 0.3) is 5.91 Å². The van der Waals surface area contributed by atoms with Gasteiger partial charge >= 0.3 is 0 Å². The lowest BCUT2D eigenvalue weighted by atomic mass is 10.1. The lowest BCUT2D eigenvalue weighted by Gasteiger charge is -2.10. The Morgan fingerprint density at radius 2 is 2.05 bits per heavy atom. The number of carbonyl (C=O) groups excluding carboxylic acids is 1. The SMILES string of the molecule is CC(C)c1cc(C(=O)Nc2ccc(Cl)c(F)c2)cc(N)n1. The number of rotatable bonds is 3. The first-order valence-corrected chi connectivity index (χ1v) is 6.78. The van der Waals surface area contributed by atoms with Gasteiger partial charge in [0.1, 0.15) is 11.6 Å². The van der Waals surface area contributed by atoms with Gasteiger partial charge in [-0.3, -0.25) is 4.79 Å². The molecule has 0 spiro atoms. The summed E-state index contributed by atoms with van der Waals surface area (Å²) < 4.78 is 13.4. The van der Waals surface area contributed by atoms with Crippen molar-refractivity contribution >= 4 is 29.0 Å². The summed E-state index contributed by atoms with van der Waals surface area (Å²) >= 11 is 5.60. The van der Waals surface area contributed by atoms with E-state index in [0.29, 0.717) is 11.3 Å². The van der Waals surface area contributed by atoms with Crippen LogP contribution in [-0.2, 0) is 0 Å². The Morgan fingerprint density at radius 3 is 2.67 bits per heavy atom. The molecule has 0 saturated carbocycles. The molecule has 0 aliphatic carbocycles. The van der Waals surface area contributed by atoms with Crippen molar-refractivity contribution in [3.8, 4) is 0 Å². The number of nitrogens with one attached hydrogen (secondary N) is 1. The van der Waals surface area contributed by atoms with Gasteiger partial charge in [0.15, 0.2) is 0 Å². The van der Waals surface area contributed by atoms with Gasteiger partial charge in [0.05, 0.1) is 5.02 Å². The zero-order chi connectivity index (χ0) is 15.6. The van der Waals surface area contributed by atoms with Crippen molar-refractivity contribution < 1.29 is 9.18 Å². The molecular weight excluding hydrogens is 293 g/mol. The van der Waals surface area contributed by atoms with Crippen LogP contribution < -0.4 is 11.1 Å². The first-order chi connectivity index (χ1) is 9.86. The third kappa shape index (κ3) is 3.70. The van der Waals surface area contributed by atoms with E-state index in [1.807, 2.05) is 13.8 Å². The number of nitrogens with two attached hydrogens (primary N) is 1. The fraction of sp³-hybridized carbons (Fsp3) is 0.200. The van der Waals surface area contributed by atoms with Gasteiger partial charge in [-0.15, -0.1) is 0 Å². The minimum absolute atomic E-state index is 0.00301. The number of nitrogens with zero attached hydrogens (tertiary/aromatic N) is 1. The number of halogens is 2. The highest BCUT2D eigenvalue weighted by atomic mass is 35.5. The molecular formula is C15H15ClFN3O. The van der Waals surface area contributed by atoms with Gasteiger partial charge < -0.3 is 11.1 Å². The van der Waals surface area contributed by atoms with Crippen molar-refractivity contribution in [3.63, 3.8) is 0 Å². The van der Waals surface area contributed by atoms with Gasteiger partial charge in [0.2, 0.25) is 0 Å². The molecule has 0 unspecified atom stereocenters. The first-order valence-electron chi connectivity index (χ1n) is 6.40. The number of nitrogen functional groups attached to an aromatic ring is 1. The molecule has 0 atom stereocenters. The second-order valence-electron chi connectivity index (χ2n) is 4.94. The van der Waals surface area contributed by atoms with Crippen LogP contribution in [0.1, 0.15) is 35.8 Å². The van der Waals surface area contributed by atoms with E-state index in [9.17, 15) is 9.18 Å². The smallest absolute Gasteiger partial charge is 0.255 e. The monoisotopic (exact) mass is 307 g/mol. The van der Waals surface area contributed by atoms with Crippen molar-refractivity contribution in [2.45, 2.75) is 19.8 Å². The molecule has 1 aromatic heterocycles. The maximum absolute atomic E-state index is 13.4. The van der Waals surface area contributed by atoms with Crippen molar-refractivity contribution in [1.82, 2.24) is 4.98 Å². The Kier molecular flexibility index (Phi) is 4.43. The van der Waals surface area contributed by atoms with Crippen LogP contribution in [0.5, 0.6) is 0 Å². The van der Waals surface area contributed by atoms with Crippen LogP contribution in [0.3, 0.4) is 0 Å². The molecule has 0 aliphatic rings. The Bertz CT molecular complexity index is 689. The maximum Gasteiger partial charge on any atom is 0.255 e. The molecule has 1 amide bonds. The van der Waals surface area contributed by atoms with Crippen LogP contribution in [0, 0.1) is 5.82 Å². The second kappa shape index (κ2) is 6.10. The normalized spacial score (nSPS) is 10.7. The molecule has 21 heavy (non-hydrogen) atoms. The number of hydrogen-bond acceptors (Lipinski definition) is 3. The van der Waals surface area contributed by atoms with Crippen LogP contribution in [0.2, 0.25) is 5.02 Å². The third-order valence-electron chi connectivity index (χ3n) is 2.90. The number of pyridine rings is 1. The van der Waals surface area contributed by atoms with E-state index in [0.717, 1.165) is 11.8 Å². The quantitative estimate of drug-likeness (QED) is 0.905.